The fourth-order valence-electron chi connectivity index (χ4n) is 3.59. The molecule has 0 aliphatic heterocycles. The first-order valence-corrected chi connectivity index (χ1v) is 9.38. The molecule has 126 valence electrons. The third-order valence-corrected chi connectivity index (χ3v) is 5.93. The lowest BCUT2D eigenvalue weighted by atomic mass is 9.93. The topological polar surface area (TPSA) is 50.9 Å². The smallest absolute Gasteiger partial charge is 0.151 e. The first-order valence-electron chi connectivity index (χ1n) is 8.50. The van der Waals surface area contributed by atoms with Crippen LogP contribution in [0.1, 0.15) is 57.1 Å². The van der Waals surface area contributed by atoms with Crippen LogP contribution in [0.2, 0.25) is 0 Å². The van der Waals surface area contributed by atoms with Crippen LogP contribution in [0, 0.1) is 11.3 Å². The van der Waals surface area contributed by atoms with Crippen LogP contribution in [0.15, 0.2) is 17.5 Å². The van der Waals surface area contributed by atoms with Crippen molar-refractivity contribution in [3.63, 3.8) is 0 Å². The SMILES string of the molecule is CC(C)Cc1nc(C2(c3cccs3)CC2(C)C)n(CCCO)n1. The van der Waals surface area contributed by atoms with E-state index >= 15 is 0 Å². The zero-order valence-corrected chi connectivity index (χ0v) is 15.4. The number of thiophene rings is 1. The summed E-state index contributed by atoms with van der Waals surface area (Å²) in [6, 6.07) is 4.35. The standard InChI is InChI=1S/C18H27N3OS/c1-13(2)11-15-19-16(21(20-15)8-6-9-22)18(12-17(18,3)4)14-7-5-10-23-14/h5,7,10,13,22H,6,8-9,11-12H2,1-4H3. The van der Waals surface area contributed by atoms with Crippen LogP contribution in [0.5, 0.6) is 0 Å². The minimum absolute atomic E-state index is 0.0150. The molecular weight excluding hydrogens is 306 g/mol. The van der Waals surface area contributed by atoms with Gasteiger partial charge in [-0.25, -0.2) is 9.67 Å². The summed E-state index contributed by atoms with van der Waals surface area (Å²) in [4.78, 5) is 6.35. The number of hydrogen-bond acceptors (Lipinski definition) is 4. The van der Waals surface area contributed by atoms with Crippen LogP contribution in [0.3, 0.4) is 0 Å². The summed E-state index contributed by atoms with van der Waals surface area (Å²) in [7, 11) is 0. The Bertz CT molecular complexity index is 660. The normalized spacial score (nSPS) is 22.7. The van der Waals surface area contributed by atoms with E-state index < -0.39 is 0 Å². The van der Waals surface area contributed by atoms with Gasteiger partial charge in [0.25, 0.3) is 0 Å². The molecule has 1 fully saturated rings. The quantitative estimate of drug-likeness (QED) is 0.841. The summed E-state index contributed by atoms with van der Waals surface area (Å²) < 4.78 is 2.06. The number of aromatic nitrogens is 3. The molecule has 0 radical (unpaired) electrons. The Kier molecular flexibility index (Phi) is 4.36. The van der Waals surface area contributed by atoms with Gasteiger partial charge in [-0.2, -0.15) is 5.10 Å². The van der Waals surface area contributed by atoms with Crippen molar-refractivity contribution in [3.05, 3.63) is 34.0 Å². The number of aliphatic hydroxyl groups excluding tert-OH is 1. The van der Waals surface area contributed by atoms with Crippen LogP contribution >= 0.6 is 11.3 Å². The minimum Gasteiger partial charge on any atom is -0.396 e. The number of hydrogen-bond donors (Lipinski definition) is 1. The second-order valence-corrected chi connectivity index (χ2v) is 8.64. The molecule has 1 atom stereocenters. The summed E-state index contributed by atoms with van der Waals surface area (Å²) in [5.74, 6) is 2.57. The largest absolute Gasteiger partial charge is 0.396 e. The maximum absolute atomic E-state index is 9.22. The second-order valence-electron chi connectivity index (χ2n) is 7.69. The van der Waals surface area contributed by atoms with Crippen molar-refractivity contribution in [2.75, 3.05) is 6.61 Å². The fraction of sp³-hybridized carbons (Fsp3) is 0.667. The third-order valence-electron chi connectivity index (χ3n) is 4.90. The van der Waals surface area contributed by atoms with Gasteiger partial charge in [0.1, 0.15) is 5.82 Å². The molecule has 1 N–H and O–H groups in total. The minimum atomic E-state index is -0.0150. The highest BCUT2D eigenvalue weighted by Gasteiger charge is 2.66. The molecule has 1 aliphatic carbocycles. The molecule has 1 aliphatic rings. The first kappa shape index (κ1) is 16.7. The van der Waals surface area contributed by atoms with E-state index in [0.29, 0.717) is 5.92 Å². The molecule has 1 unspecified atom stereocenters. The molecule has 2 aromatic heterocycles. The zero-order chi connectivity index (χ0) is 16.7. The van der Waals surface area contributed by atoms with Gasteiger partial charge in [-0.15, -0.1) is 11.3 Å². The summed E-state index contributed by atoms with van der Waals surface area (Å²) in [6.07, 6.45) is 2.73. The van der Waals surface area contributed by atoms with Gasteiger partial charge in [-0.3, -0.25) is 0 Å². The average molecular weight is 334 g/mol. The molecule has 3 rings (SSSR count). The predicted octanol–water partition coefficient (Wildman–Crippen LogP) is 3.64. The maximum Gasteiger partial charge on any atom is 0.151 e. The average Bonchev–Trinajstić information content (AvgIpc) is 2.92. The molecule has 2 heterocycles. The van der Waals surface area contributed by atoms with Gasteiger partial charge in [-0.05, 0) is 35.6 Å². The zero-order valence-electron chi connectivity index (χ0n) is 14.5. The van der Waals surface area contributed by atoms with Crippen molar-refractivity contribution in [1.82, 2.24) is 14.8 Å². The van der Waals surface area contributed by atoms with Crippen molar-refractivity contribution < 1.29 is 5.11 Å². The highest BCUT2D eigenvalue weighted by atomic mass is 32.1. The van der Waals surface area contributed by atoms with Crippen LogP contribution < -0.4 is 0 Å². The van der Waals surface area contributed by atoms with Crippen molar-refractivity contribution in [1.29, 1.82) is 0 Å². The Hall–Kier alpha value is -1.20. The number of nitrogens with zero attached hydrogens (tertiary/aromatic N) is 3. The lowest BCUT2D eigenvalue weighted by Gasteiger charge is -2.19. The fourth-order valence-corrected chi connectivity index (χ4v) is 4.69. The van der Waals surface area contributed by atoms with Gasteiger partial charge in [0, 0.05) is 24.4 Å². The van der Waals surface area contributed by atoms with Crippen LogP contribution in [0.4, 0.5) is 0 Å². The van der Waals surface area contributed by atoms with E-state index in [2.05, 4.69) is 49.9 Å². The van der Waals surface area contributed by atoms with Gasteiger partial charge < -0.3 is 5.11 Å². The molecule has 0 bridgehead atoms. The van der Waals surface area contributed by atoms with Gasteiger partial charge in [-0.1, -0.05) is 33.8 Å². The first-order chi connectivity index (χ1) is 10.9. The Labute approximate surface area is 142 Å². The summed E-state index contributed by atoms with van der Waals surface area (Å²) in [5, 5.41) is 16.1. The molecule has 1 saturated carbocycles. The van der Waals surface area contributed by atoms with E-state index in [-0.39, 0.29) is 17.4 Å². The van der Waals surface area contributed by atoms with Gasteiger partial charge in [0.05, 0.1) is 5.41 Å². The molecule has 4 nitrogen and oxygen atoms in total. The molecule has 0 aromatic carbocycles. The van der Waals surface area contributed by atoms with E-state index in [9.17, 15) is 5.11 Å². The van der Waals surface area contributed by atoms with E-state index in [1.807, 2.05) is 11.3 Å². The molecule has 0 amide bonds. The Morgan fingerprint density at radius 2 is 2.13 bits per heavy atom. The number of rotatable bonds is 7. The van der Waals surface area contributed by atoms with E-state index in [4.69, 9.17) is 10.1 Å². The Balaban J connectivity index is 2.04. The van der Waals surface area contributed by atoms with Gasteiger partial charge >= 0.3 is 0 Å². The third kappa shape index (κ3) is 2.85. The highest BCUT2D eigenvalue weighted by molar-refractivity contribution is 7.10. The maximum atomic E-state index is 9.22. The van der Waals surface area contributed by atoms with Crippen molar-refractivity contribution in [3.8, 4) is 0 Å². The van der Waals surface area contributed by atoms with Gasteiger partial charge in [0.2, 0.25) is 0 Å². The Morgan fingerprint density at radius 3 is 2.65 bits per heavy atom. The summed E-state index contributed by atoms with van der Waals surface area (Å²) in [6.45, 7) is 9.96. The van der Waals surface area contributed by atoms with E-state index in [0.717, 1.165) is 37.5 Å². The predicted molar refractivity (Wildman–Crippen MR) is 93.8 cm³/mol. The summed E-state index contributed by atoms with van der Waals surface area (Å²) in [5.41, 5.74) is 0.190. The van der Waals surface area contributed by atoms with Gasteiger partial charge in [0.15, 0.2) is 5.82 Å². The molecule has 0 spiro atoms. The molecule has 23 heavy (non-hydrogen) atoms. The highest BCUT2D eigenvalue weighted by Crippen LogP contribution is 2.68. The lowest BCUT2D eigenvalue weighted by molar-refractivity contribution is 0.274. The number of aryl methyl sites for hydroxylation is 1. The van der Waals surface area contributed by atoms with Crippen molar-refractivity contribution >= 4 is 11.3 Å². The lowest BCUT2D eigenvalue weighted by Crippen LogP contribution is -2.22. The van der Waals surface area contributed by atoms with E-state index in [1.54, 1.807) is 0 Å². The van der Waals surface area contributed by atoms with Crippen LogP contribution in [-0.4, -0.2) is 26.5 Å². The molecule has 0 saturated heterocycles. The van der Waals surface area contributed by atoms with Crippen LogP contribution in [0.25, 0.3) is 0 Å². The monoisotopic (exact) mass is 333 g/mol. The summed E-state index contributed by atoms with van der Waals surface area (Å²) >= 11 is 1.81. The van der Waals surface area contributed by atoms with Crippen LogP contribution in [-0.2, 0) is 18.4 Å². The Morgan fingerprint density at radius 1 is 1.39 bits per heavy atom. The van der Waals surface area contributed by atoms with Crippen molar-refractivity contribution in [2.24, 2.45) is 11.3 Å². The van der Waals surface area contributed by atoms with Crippen molar-refractivity contribution in [2.45, 2.75) is 58.9 Å². The second kappa shape index (κ2) is 6.02. The molecule has 2 aromatic rings. The number of aliphatic hydroxyl groups is 1. The molecule has 5 heteroatoms. The molecular formula is C18H27N3OS. The van der Waals surface area contributed by atoms with E-state index in [1.165, 1.54) is 4.88 Å².